The van der Waals surface area contributed by atoms with Crippen LogP contribution < -0.4 is 11.5 Å². The molecule has 0 amide bonds. The quantitative estimate of drug-likeness (QED) is 0.907. The number of hydrogen-bond donors (Lipinski definition) is 2. The number of nitrogens with two attached hydrogens (primary N) is 2. The Kier molecular flexibility index (Phi) is 9.58. The summed E-state index contributed by atoms with van der Waals surface area (Å²) >= 11 is 3.36. The molecule has 0 spiro atoms. The largest absolute Gasteiger partial charge is 0.330 e. The zero-order valence-electron chi connectivity index (χ0n) is 11.8. The van der Waals surface area contributed by atoms with E-state index in [9.17, 15) is 0 Å². The molecule has 4 N–H and O–H groups in total. The molecule has 2 aromatic rings. The summed E-state index contributed by atoms with van der Waals surface area (Å²) in [6.07, 6.45) is 2.01. The van der Waals surface area contributed by atoms with Crippen molar-refractivity contribution in [3.63, 3.8) is 0 Å². The normalized spacial score (nSPS) is 9.65. The lowest BCUT2D eigenvalue weighted by Crippen LogP contribution is -2.01. The lowest BCUT2D eigenvalue weighted by molar-refractivity contribution is 0.932. The van der Waals surface area contributed by atoms with Gasteiger partial charge in [-0.2, -0.15) is 0 Å². The van der Waals surface area contributed by atoms with Gasteiger partial charge in [-0.1, -0.05) is 14.4 Å². The summed E-state index contributed by atoms with van der Waals surface area (Å²) in [7, 11) is 0. The number of hydrogen-bond acceptors (Lipinski definition) is 6. The third kappa shape index (κ3) is 5.66. The highest BCUT2D eigenvalue weighted by Crippen LogP contribution is 2.30. The Morgan fingerprint density at radius 2 is 1.75 bits per heavy atom. The predicted molar refractivity (Wildman–Crippen MR) is 91.5 cm³/mol. The molecule has 0 radical (unpaired) electrons. The van der Waals surface area contributed by atoms with Crippen molar-refractivity contribution in [3.05, 3.63) is 21.6 Å². The molecule has 0 unspecified atom stereocenters. The summed E-state index contributed by atoms with van der Waals surface area (Å²) < 4.78 is 0. The first-order valence-electron chi connectivity index (χ1n) is 6.41. The second-order valence-corrected chi connectivity index (χ2v) is 6.09. The fourth-order valence-electron chi connectivity index (χ4n) is 1.33. The highest BCUT2D eigenvalue weighted by molar-refractivity contribution is 7.20. The van der Waals surface area contributed by atoms with E-state index in [1.165, 1.54) is 4.88 Å². The van der Waals surface area contributed by atoms with Crippen LogP contribution in [0.25, 0.3) is 10.0 Å². The molecule has 0 aromatic carbocycles. The average Bonchev–Trinajstić information content (AvgIpc) is 2.98. The fraction of sp³-hybridized carbons (Fsp3) is 0.571. The number of aromatic nitrogens is 2. The smallest absolute Gasteiger partial charge is 0.152 e. The molecule has 0 aliphatic carbocycles. The maximum absolute atomic E-state index is 5.55. The molecule has 0 saturated heterocycles. The first kappa shape index (κ1) is 19.2. The van der Waals surface area contributed by atoms with E-state index in [1.807, 2.05) is 13.8 Å². The fourth-order valence-corrected chi connectivity index (χ4v) is 3.24. The van der Waals surface area contributed by atoms with Gasteiger partial charge in [0.1, 0.15) is 0 Å². The molecule has 0 fully saturated rings. The average molecular weight is 315 g/mol. The maximum atomic E-state index is 5.55. The SMILES string of the molecule is C.CCCN.Cc1csc(-c2nc(C)c(CCN)s2)n1. The van der Waals surface area contributed by atoms with E-state index >= 15 is 0 Å². The zero-order chi connectivity index (χ0) is 14.3. The van der Waals surface area contributed by atoms with Gasteiger partial charge in [-0.3, -0.25) is 0 Å². The molecule has 0 bridgehead atoms. The molecule has 2 rings (SSSR count). The van der Waals surface area contributed by atoms with E-state index in [-0.39, 0.29) is 7.43 Å². The summed E-state index contributed by atoms with van der Waals surface area (Å²) in [4.78, 5) is 10.2. The second kappa shape index (κ2) is 9.99. The van der Waals surface area contributed by atoms with Crippen LogP contribution in [-0.4, -0.2) is 23.1 Å². The van der Waals surface area contributed by atoms with Crippen LogP contribution in [0.4, 0.5) is 0 Å². The molecular weight excluding hydrogens is 288 g/mol. The number of nitrogens with zero attached hydrogens (tertiary/aromatic N) is 2. The summed E-state index contributed by atoms with van der Waals surface area (Å²) in [5.74, 6) is 0. The van der Waals surface area contributed by atoms with E-state index in [2.05, 4.69) is 22.3 Å². The summed E-state index contributed by atoms with van der Waals surface area (Å²) in [6.45, 7) is 7.59. The number of aryl methyl sites for hydroxylation is 2. The number of rotatable bonds is 4. The molecule has 20 heavy (non-hydrogen) atoms. The van der Waals surface area contributed by atoms with Crippen LogP contribution in [0.2, 0.25) is 0 Å². The Morgan fingerprint density at radius 3 is 2.20 bits per heavy atom. The summed E-state index contributed by atoms with van der Waals surface area (Å²) in [5.41, 5.74) is 12.7. The predicted octanol–water partition coefficient (Wildman–Crippen LogP) is 3.38. The van der Waals surface area contributed by atoms with Crippen LogP contribution in [0, 0.1) is 13.8 Å². The molecule has 0 aliphatic rings. The molecule has 0 saturated carbocycles. The van der Waals surface area contributed by atoms with Crippen LogP contribution in [0.5, 0.6) is 0 Å². The highest BCUT2D eigenvalue weighted by Gasteiger charge is 2.11. The van der Waals surface area contributed by atoms with Crippen molar-refractivity contribution in [1.29, 1.82) is 0 Å². The monoisotopic (exact) mass is 314 g/mol. The molecule has 4 nitrogen and oxygen atoms in total. The first-order valence-corrected chi connectivity index (χ1v) is 8.10. The van der Waals surface area contributed by atoms with Crippen LogP contribution in [-0.2, 0) is 6.42 Å². The van der Waals surface area contributed by atoms with Crippen LogP contribution in [0.3, 0.4) is 0 Å². The van der Waals surface area contributed by atoms with Crippen LogP contribution in [0.1, 0.15) is 37.0 Å². The van der Waals surface area contributed by atoms with Gasteiger partial charge in [-0.25, -0.2) is 9.97 Å². The van der Waals surface area contributed by atoms with Crippen molar-refractivity contribution >= 4 is 22.7 Å². The van der Waals surface area contributed by atoms with E-state index in [0.29, 0.717) is 6.54 Å². The minimum Gasteiger partial charge on any atom is -0.330 e. The lowest BCUT2D eigenvalue weighted by atomic mass is 10.3. The van der Waals surface area contributed by atoms with Crippen molar-refractivity contribution in [2.75, 3.05) is 13.1 Å². The van der Waals surface area contributed by atoms with E-state index in [4.69, 9.17) is 11.5 Å². The van der Waals surface area contributed by atoms with Gasteiger partial charge >= 0.3 is 0 Å². The van der Waals surface area contributed by atoms with E-state index < -0.39 is 0 Å². The van der Waals surface area contributed by atoms with Gasteiger partial charge in [0.15, 0.2) is 10.0 Å². The minimum atomic E-state index is 0. The topological polar surface area (TPSA) is 77.8 Å². The van der Waals surface area contributed by atoms with Crippen molar-refractivity contribution in [1.82, 2.24) is 9.97 Å². The minimum absolute atomic E-state index is 0. The Balaban J connectivity index is 0.000000644. The molecule has 6 heteroatoms. The van der Waals surface area contributed by atoms with Gasteiger partial charge in [0.25, 0.3) is 0 Å². The molecular formula is C14H26N4S2. The lowest BCUT2D eigenvalue weighted by Gasteiger charge is -1.90. The van der Waals surface area contributed by atoms with Gasteiger partial charge in [0.2, 0.25) is 0 Å². The molecule has 2 heterocycles. The Hall–Kier alpha value is -0.820. The standard InChI is InChI=1S/C10H13N3S2.C3H9N.CH4/c1-6-5-14-9(12-6)10-13-7(2)8(15-10)3-4-11;1-2-3-4;/h5H,3-4,11H2,1-2H3;2-4H2,1H3;1H4. The molecule has 0 aliphatic heterocycles. The first-order chi connectivity index (χ1) is 9.12. The van der Waals surface area contributed by atoms with Crippen molar-refractivity contribution in [2.24, 2.45) is 11.5 Å². The van der Waals surface area contributed by atoms with Crippen molar-refractivity contribution < 1.29 is 0 Å². The van der Waals surface area contributed by atoms with E-state index in [0.717, 1.165) is 40.8 Å². The molecule has 0 atom stereocenters. The third-order valence-electron chi connectivity index (χ3n) is 2.35. The van der Waals surface area contributed by atoms with Gasteiger partial charge in [0, 0.05) is 16.0 Å². The summed E-state index contributed by atoms with van der Waals surface area (Å²) in [5, 5.41) is 4.09. The Morgan fingerprint density at radius 1 is 1.10 bits per heavy atom. The maximum Gasteiger partial charge on any atom is 0.152 e. The van der Waals surface area contributed by atoms with Gasteiger partial charge < -0.3 is 11.5 Å². The Labute approximate surface area is 130 Å². The van der Waals surface area contributed by atoms with Gasteiger partial charge in [0.05, 0.1) is 5.69 Å². The van der Waals surface area contributed by atoms with E-state index in [1.54, 1.807) is 22.7 Å². The highest BCUT2D eigenvalue weighted by atomic mass is 32.1. The molecule has 2 aromatic heterocycles. The second-order valence-electron chi connectivity index (χ2n) is 4.15. The zero-order valence-corrected chi connectivity index (χ0v) is 13.4. The van der Waals surface area contributed by atoms with Crippen LogP contribution >= 0.6 is 22.7 Å². The number of thiazole rings is 2. The van der Waals surface area contributed by atoms with Gasteiger partial charge in [-0.05, 0) is 39.8 Å². The van der Waals surface area contributed by atoms with Crippen molar-refractivity contribution in [3.8, 4) is 10.0 Å². The van der Waals surface area contributed by atoms with Gasteiger partial charge in [-0.15, -0.1) is 22.7 Å². The van der Waals surface area contributed by atoms with Crippen LogP contribution in [0.15, 0.2) is 5.38 Å². The Bertz CT molecular complexity index is 489. The van der Waals surface area contributed by atoms with Crippen molar-refractivity contribution in [2.45, 2.75) is 41.0 Å². The molecule has 114 valence electrons. The third-order valence-corrected chi connectivity index (χ3v) is 4.67. The summed E-state index contributed by atoms with van der Waals surface area (Å²) in [6, 6.07) is 0.